The van der Waals surface area contributed by atoms with Crippen LogP contribution in [0.4, 0.5) is 5.69 Å². The Morgan fingerprint density at radius 1 is 1.00 bits per heavy atom. The van der Waals surface area contributed by atoms with Crippen LogP contribution in [0.3, 0.4) is 0 Å². The monoisotopic (exact) mass is 339 g/mol. The first-order valence-corrected chi connectivity index (χ1v) is 7.98. The first-order valence-electron chi connectivity index (χ1n) is 7.98. The highest BCUT2D eigenvalue weighted by molar-refractivity contribution is 6.02. The second kappa shape index (κ2) is 7.75. The molecular weight excluding hydrogens is 318 g/mol. The fraction of sp³-hybridized carbons (Fsp3) is 0.250. The van der Waals surface area contributed by atoms with Crippen LogP contribution in [0, 0.1) is 13.8 Å². The Balaban J connectivity index is 2.07. The van der Waals surface area contributed by atoms with Gasteiger partial charge in [-0.15, -0.1) is 0 Å². The predicted octanol–water partition coefficient (Wildman–Crippen LogP) is 3.69. The van der Waals surface area contributed by atoms with Crippen LogP contribution in [-0.2, 0) is 9.53 Å². The number of ketones is 1. The number of aryl methyl sites for hydroxylation is 2. The summed E-state index contributed by atoms with van der Waals surface area (Å²) < 4.78 is 5.29. The summed E-state index contributed by atoms with van der Waals surface area (Å²) in [6, 6.07) is 11.9. The second-order valence-electron chi connectivity index (χ2n) is 5.99. The number of hydrogen-bond acceptors (Lipinski definition) is 4. The Bertz CT molecular complexity index is 809. The van der Waals surface area contributed by atoms with Crippen LogP contribution in [0.25, 0.3) is 0 Å². The Labute approximate surface area is 147 Å². The van der Waals surface area contributed by atoms with Gasteiger partial charge in [0.2, 0.25) is 11.7 Å². The van der Waals surface area contributed by atoms with E-state index in [9.17, 15) is 14.4 Å². The van der Waals surface area contributed by atoms with Crippen LogP contribution >= 0.6 is 0 Å². The summed E-state index contributed by atoms with van der Waals surface area (Å²) in [7, 11) is 0. The predicted molar refractivity (Wildman–Crippen MR) is 95.9 cm³/mol. The van der Waals surface area contributed by atoms with Gasteiger partial charge in [-0.25, -0.2) is 4.79 Å². The van der Waals surface area contributed by atoms with Crippen LogP contribution in [0.1, 0.15) is 45.7 Å². The number of ether oxygens (including phenoxy) is 1. The Morgan fingerprint density at radius 2 is 1.64 bits per heavy atom. The highest BCUT2D eigenvalue weighted by Gasteiger charge is 2.21. The third kappa shape index (κ3) is 4.76. The molecule has 0 bridgehead atoms. The maximum Gasteiger partial charge on any atom is 0.338 e. The van der Waals surface area contributed by atoms with Gasteiger partial charge in [0.05, 0.1) is 5.56 Å². The van der Waals surface area contributed by atoms with Gasteiger partial charge in [-0.3, -0.25) is 9.59 Å². The third-order valence-electron chi connectivity index (χ3n) is 3.75. The molecule has 1 amide bonds. The van der Waals surface area contributed by atoms with Crippen LogP contribution in [-0.4, -0.2) is 23.8 Å². The summed E-state index contributed by atoms with van der Waals surface area (Å²) in [4.78, 5) is 35.7. The molecule has 0 aliphatic carbocycles. The van der Waals surface area contributed by atoms with E-state index in [1.807, 2.05) is 26.0 Å². The first-order chi connectivity index (χ1) is 11.8. The minimum Gasteiger partial charge on any atom is -0.451 e. The average molecular weight is 339 g/mol. The van der Waals surface area contributed by atoms with Gasteiger partial charge in [-0.1, -0.05) is 17.7 Å². The number of nitrogens with one attached hydrogen (secondary N) is 1. The van der Waals surface area contributed by atoms with Crippen LogP contribution < -0.4 is 5.32 Å². The number of amides is 1. The van der Waals surface area contributed by atoms with E-state index < -0.39 is 12.1 Å². The summed E-state index contributed by atoms with van der Waals surface area (Å²) in [6.45, 7) is 6.72. The van der Waals surface area contributed by atoms with Crippen molar-refractivity contribution >= 4 is 23.3 Å². The van der Waals surface area contributed by atoms with Crippen molar-refractivity contribution in [1.82, 2.24) is 0 Å². The summed E-state index contributed by atoms with van der Waals surface area (Å²) in [5, 5.41) is 2.62. The molecule has 0 aromatic heterocycles. The van der Waals surface area contributed by atoms with Crippen LogP contribution in [0.5, 0.6) is 0 Å². The first kappa shape index (κ1) is 18.4. The number of carbonyl (C=O) groups excluding carboxylic acids is 3. The van der Waals surface area contributed by atoms with Crippen LogP contribution in [0.2, 0.25) is 0 Å². The molecule has 130 valence electrons. The third-order valence-corrected chi connectivity index (χ3v) is 3.75. The maximum absolute atomic E-state index is 12.5. The minimum absolute atomic E-state index is 0.192. The molecule has 0 saturated heterocycles. The molecule has 0 heterocycles. The Hall–Kier alpha value is -2.95. The van der Waals surface area contributed by atoms with Crippen molar-refractivity contribution in [3.63, 3.8) is 0 Å². The molecule has 1 N–H and O–H groups in total. The SMILES string of the molecule is CC(=O)Nc1ccc(C(=O)O[C@H](C)C(=O)c2cc(C)ccc2C)cc1. The van der Waals surface area contributed by atoms with E-state index in [1.54, 1.807) is 37.3 Å². The standard InChI is InChI=1S/C20H21NO4/c1-12-5-6-13(2)18(11-12)19(23)14(3)25-20(24)16-7-9-17(10-8-16)21-15(4)22/h5-11,14H,1-4H3,(H,21,22)/t14-/m1/s1. The zero-order valence-electron chi connectivity index (χ0n) is 14.8. The van der Waals surface area contributed by atoms with Crippen molar-refractivity contribution in [1.29, 1.82) is 0 Å². The minimum atomic E-state index is -0.886. The van der Waals surface area contributed by atoms with Gasteiger partial charge in [-0.2, -0.15) is 0 Å². The lowest BCUT2D eigenvalue weighted by atomic mass is 9.99. The fourth-order valence-electron chi connectivity index (χ4n) is 2.40. The molecule has 5 heteroatoms. The molecule has 2 aromatic rings. The summed E-state index contributed by atoms with van der Waals surface area (Å²) >= 11 is 0. The molecule has 0 saturated carbocycles. The summed E-state index contributed by atoms with van der Waals surface area (Å²) in [6.07, 6.45) is -0.886. The second-order valence-corrected chi connectivity index (χ2v) is 5.99. The molecule has 2 rings (SSSR count). The van der Waals surface area contributed by atoms with E-state index in [2.05, 4.69) is 5.32 Å². The molecule has 0 unspecified atom stereocenters. The molecule has 1 atom stereocenters. The van der Waals surface area contributed by atoms with Gasteiger partial charge in [0.1, 0.15) is 0 Å². The number of hydrogen-bond donors (Lipinski definition) is 1. The van der Waals surface area contributed by atoms with Gasteiger partial charge in [0, 0.05) is 18.2 Å². The highest BCUT2D eigenvalue weighted by Crippen LogP contribution is 2.16. The summed E-state index contributed by atoms with van der Waals surface area (Å²) in [5.41, 5.74) is 3.28. The van der Waals surface area contributed by atoms with Crippen molar-refractivity contribution in [3.8, 4) is 0 Å². The number of benzene rings is 2. The molecule has 0 fully saturated rings. The molecule has 25 heavy (non-hydrogen) atoms. The lowest BCUT2D eigenvalue weighted by Crippen LogP contribution is -2.25. The quantitative estimate of drug-likeness (QED) is 0.666. The van der Waals surface area contributed by atoms with Gasteiger partial charge < -0.3 is 10.1 Å². The largest absolute Gasteiger partial charge is 0.451 e. The molecule has 0 radical (unpaired) electrons. The van der Waals surface area contributed by atoms with Crippen molar-refractivity contribution in [2.24, 2.45) is 0 Å². The number of anilines is 1. The lowest BCUT2D eigenvalue weighted by molar-refractivity contribution is -0.114. The molecule has 0 spiro atoms. The van der Waals surface area contributed by atoms with Crippen LogP contribution in [0.15, 0.2) is 42.5 Å². The molecular formula is C20H21NO4. The van der Waals surface area contributed by atoms with E-state index >= 15 is 0 Å². The average Bonchev–Trinajstić information content (AvgIpc) is 2.56. The molecule has 2 aromatic carbocycles. The van der Waals surface area contributed by atoms with Gasteiger partial charge >= 0.3 is 5.97 Å². The fourth-order valence-corrected chi connectivity index (χ4v) is 2.40. The van der Waals surface area contributed by atoms with Crippen molar-refractivity contribution in [3.05, 3.63) is 64.7 Å². The number of rotatable bonds is 5. The zero-order valence-corrected chi connectivity index (χ0v) is 14.8. The van der Waals surface area contributed by atoms with Crippen molar-refractivity contribution in [2.45, 2.75) is 33.8 Å². The Kier molecular flexibility index (Phi) is 5.70. The van der Waals surface area contributed by atoms with Gasteiger partial charge in [0.25, 0.3) is 0 Å². The smallest absolute Gasteiger partial charge is 0.338 e. The Morgan fingerprint density at radius 3 is 2.24 bits per heavy atom. The van der Waals surface area contributed by atoms with E-state index in [0.717, 1.165) is 11.1 Å². The van der Waals surface area contributed by atoms with E-state index in [4.69, 9.17) is 4.74 Å². The zero-order chi connectivity index (χ0) is 18.6. The highest BCUT2D eigenvalue weighted by atomic mass is 16.5. The van der Waals surface area contributed by atoms with E-state index in [-0.39, 0.29) is 11.7 Å². The normalized spacial score (nSPS) is 11.5. The topological polar surface area (TPSA) is 72.5 Å². The summed E-state index contributed by atoms with van der Waals surface area (Å²) in [5.74, 6) is -1.01. The number of carbonyl (C=O) groups is 3. The maximum atomic E-state index is 12.5. The van der Waals surface area contributed by atoms with E-state index in [0.29, 0.717) is 16.8 Å². The molecule has 0 aliphatic rings. The molecule has 5 nitrogen and oxygen atoms in total. The van der Waals surface area contributed by atoms with Gasteiger partial charge in [-0.05, 0) is 56.7 Å². The number of Topliss-reactive ketones (excluding diaryl/α,β-unsaturated/α-hetero) is 1. The number of esters is 1. The van der Waals surface area contributed by atoms with Crippen molar-refractivity contribution < 1.29 is 19.1 Å². The van der Waals surface area contributed by atoms with Crippen molar-refractivity contribution in [2.75, 3.05) is 5.32 Å². The van der Waals surface area contributed by atoms with E-state index in [1.165, 1.54) is 6.92 Å². The van der Waals surface area contributed by atoms with Gasteiger partial charge in [0.15, 0.2) is 6.10 Å². The lowest BCUT2D eigenvalue weighted by Gasteiger charge is -2.14. The molecule has 0 aliphatic heterocycles.